The number of aliphatic hydroxyl groups is 2. The highest BCUT2D eigenvalue weighted by Gasteiger charge is 2.19. The van der Waals surface area contributed by atoms with Crippen molar-refractivity contribution < 1.29 is 19.9 Å². The molecular formula is C11H15N3O5. The third-order valence-corrected chi connectivity index (χ3v) is 2.48. The first kappa shape index (κ1) is 14.9. The van der Waals surface area contributed by atoms with Crippen LogP contribution in [0.3, 0.4) is 0 Å². The van der Waals surface area contributed by atoms with E-state index < -0.39 is 16.9 Å². The first-order valence-corrected chi connectivity index (χ1v) is 5.52. The van der Waals surface area contributed by atoms with Crippen LogP contribution in [0, 0.1) is 10.1 Å². The smallest absolute Gasteiger partial charge is 0.293 e. The molecule has 0 unspecified atom stereocenters. The minimum atomic E-state index is -0.704. The summed E-state index contributed by atoms with van der Waals surface area (Å²) in [7, 11) is 1.42. The van der Waals surface area contributed by atoms with Crippen molar-refractivity contribution in [2.45, 2.75) is 6.04 Å². The zero-order chi connectivity index (χ0) is 14.4. The predicted molar refractivity (Wildman–Crippen MR) is 68.1 cm³/mol. The minimum Gasteiger partial charge on any atom is -0.394 e. The fraction of sp³-hybridized carbons (Fsp3) is 0.364. The molecule has 0 bridgehead atoms. The van der Waals surface area contributed by atoms with Gasteiger partial charge in [-0.25, -0.2) is 0 Å². The quantitative estimate of drug-likeness (QED) is 0.416. The van der Waals surface area contributed by atoms with Gasteiger partial charge in [-0.1, -0.05) is 0 Å². The Hall–Kier alpha value is -2.19. The van der Waals surface area contributed by atoms with Crippen molar-refractivity contribution in [2.24, 2.45) is 0 Å². The van der Waals surface area contributed by atoms with Gasteiger partial charge in [0.2, 0.25) is 0 Å². The van der Waals surface area contributed by atoms with Gasteiger partial charge in [-0.05, 0) is 12.1 Å². The molecule has 0 spiro atoms. The number of nitrogens with one attached hydrogen (secondary N) is 2. The Morgan fingerprint density at radius 1 is 1.42 bits per heavy atom. The number of carbonyl (C=O) groups is 1. The number of nitrogens with zero attached hydrogens (tertiary/aromatic N) is 1. The summed E-state index contributed by atoms with van der Waals surface area (Å²) in [4.78, 5) is 21.7. The van der Waals surface area contributed by atoms with Crippen LogP contribution in [0.4, 0.5) is 11.4 Å². The van der Waals surface area contributed by atoms with Crippen LogP contribution >= 0.6 is 0 Å². The molecule has 0 aliphatic rings. The highest BCUT2D eigenvalue weighted by atomic mass is 16.6. The number of nitro groups is 1. The van der Waals surface area contributed by atoms with Crippen LogP contribution in [0.2, 0.25) is 0 Å². The van der Waals surface area contributed by atoms with Crippen LogP contribution in [0.5, 0.6) is 0 Å². The van der Waals surface area contributed by atoms with E-state index in [1.807, 2.05) is 0 Å². The molecule has 19 heavy (non-hydrogen) atoms. The standard InChI is InChI=1S/C11H15N3O5/c1-12-11(17)7-2-3-9(10(4-7)14(18)19)13-8(5-15)6-16/h2-4,8,13,15-16H,5-6H2,1H3,(H,12,17). The van der Waals surface area contributed by atoms with Gasteiger partial charge < -0.3 is 20.8 Å². The van der Waals surface area contributed by atoms with Crippen molar-refractivity contribution in [3.05, 3.63) is 33.9 Å². The maximum atomic E-state index is 11.4. The summed E-state index contributed by atoms with van der Waals surface area (Å²) in [6.45, 7) is -0.740. The van der Waals surface area contributed by atoms with Crippen LogP contribution in [0.15, 0.2) is 18.2 Å². The minimum absolute atomic E-state index is 0.130. The summed E-state index contributed by atoms with van der Waals surface area (Å²) in [5.41, 5.74) is -0.0111. The number of amides is 1. The summed E-state index contributed by atoms with van der Waals surface area (Å²) in [5, 5.41) is 33.8. The van der Waals surface area contributed by atoms with Crippen LogP contribution in [-0.4, -0.2) is 47.3 Å². The van der Waals surface area contributed by atoms with Gasteiger partial charge in [0.1, 0.15) is 5.69 Å². The maximum Gasteiger partial charge on any atom is 0.293 e. The zero-order valence-corrected chi connectivity index (χ0v) is 10.3. The molecular weight excluding hydrogens is 254 g/mol. The molecule has 1 aromatic carbocycles. The van der Waals surface area contributed by atoms with E-state index in [1.54, 1.807) is 0 Å². The number of aliphatic hydroxyl groups excluding tert-OH is 2. The molecule has 4 N–H and O–H groups in total. The molecule has 0 fully saturated rings. The zero-order valence-electron chi connectivity index (χ0n) is 10.3. The summed E-state index contributed by atoms with van der Waals surface area (Å²) in [5.74, 6) is -0.435. The summed E-state index contributed by atoms with van der Waals surface area (Å²) in [6, 6.07) is 3.21. The van der Waals surface area contributed by atoms with Crippen molar-refractivity contribution in [1.82, 2.24) is 5.32 Å². The number of nitro benzene ring substituents is 1. The van der Waals surface area contributed by atoms with Crippen molar-refractivity contribution >= 4 is 17.3 Å². The SMILES string of the molecule is CNC(=O)c1ccc(NC(CO)CO)c([N+](=O)[O-])c1. The average Bonchev–Trinajstić information content (AvgIpc) is 2.43. The number of hydrogen-bond donors (Lipinski definition) is 4. The Labute approximate surface area is 109 Å². The summed E-state index contributed by atoms with van der Waals surface area (Å²) in [6.07, 6.45) is 0. The lowest BCUT2D eigenvalue weighted by Crippen LogP contribution is -2.28. The monoisotopic (exact) mass is 269 g/mol. The van der Waals surface area contributed by atoms with Crippen molar-refractivity contribution in [2.75, 3.05) is 25.6 Å². The van der Waals surface area contributed by atoms with E-state index in [2.05, 4.69) is 10.6 Å². The lowest BCUT2D eigenvalue weighted by Gasteiger charge is -2.15. The first-order chi connectivity index (χ1) is 9.03. The van der Waals surface area contributed by atoms with Gasteiger partial charge in [0.05, 0.1) is 24.2 Å². The third kappa shape index (κ3) is 3.63. The average molecular weight is 269 g/mol. The summed E-state index contributed by atoms with van der Waals surface area (Å²) < 4.78 is 0. The fourth-order valence-electron chi connectivity index (χ4n) is 1.46. The molecule has 0 atom stereocenters. The third-order valence-electron chi connectivity index (χ3n) is 2.48. The molecule has 1 rings (SSSR count). The van der Waals surface area contributed by atoms with E-state index in [1.165, 1.54) is 19.2 Å². The van der Waals surface area contributed by atoms with E-state index in [9.17, 15) is 14.9 Å². The summed E-state index contributed by atoms with van der Waals surface area (Å²) >= 11 is 0. The molecule has 0 radical (unpaired) electrons. The number of carbonyl (C=O) groups excluding carboxylic acids is 1. The number of hydrogen-bond acceptors (Lipinski definition) is 6. The van der Waals surface area contributed by atoms with E-state index in [-0.39, 0.29) is 30.2 Å². The van der Waals surface area contributed by atoms with Gasteiger partial charge in [0.15, 0.2) is 0 Å². The Morgan fingerprint density at radius 2 is 2.05 bits per heavy atom. The lowest BCUT2D eigenvalue weighted by molar-refractivity contribution is -0.384. The normalized spacial score (nSPS) is 10.3. The van der Waals surface area contributed by atoms with Crippen molar-refractivity contribution in [3.8, 4) is 0 Å². The number of benzene rings is 1. The van der Waals surface area contributed by atoms with Crippen LogP contribution < -0.4 is 10.6 Å². The topological polar surface area (TPSA) is 125 Å². The van der Waals surface area contributed by atoms with Crippen LogP contribution in [-0.2, 0) is 0 Å². The molecule has 8 nitrogen and oxygen atoms in total. The van der Waals surface area contributed by atoms with Crippen LogP contribution in [0.25, 0.3) is 0 Å². The van der Waals surface area contributed by atoms with Gasteiger partial charge in [0, 0.05) is 18.7 Å². The molecule has 0 heterocycles. The largest absolute Gasteiger partial charge is 0.394 e. The molecule has 104 valence electrons. The molecule has 1 amide bonds. The van der Waals surface area contributed by atoms with Crippen molar-refractivity contribution in [3.63, 3.8) is 0 Å². The van der Waals surface area contributed by atoms with E-state index >= 15 is 0 Å². The maximum absolute atomic E-state index is 11.4. The molecule has 0 aromatic heterocycles. The Balaban J connectivity index is 3.11. The number of anilines is 1. The lowest BCUT2D eigenvalue weighted by atomic mass is 10.1. The molecule has 0 saturated heterocycles. The van der Waals surface area contributed by atoms with E-state index in [0.29, 0.717) is 0 Å². The van der Waals surface area contributed by atoms with Gasteiger partial charge in [-0.2, -0.15) is 0 Å². The Kier molecular flexibility index (Phi) is 5.22. The molecule has 0 aliphatic carbocycles. The fourth-order valence-corrected chi connectivity index (χ4v) is 1.46. The molecule has 8 heteroatoms. The highest BCUT2D eigenvalue weighted by molar-refractivity contribution is 5.95. The Bertz CT molecular complexity index is 473. The van der Waals surface area contributed by atoms with Gasteiger partial charge in [-0.15, -0.1) is 0 Å². The van der Waals surface area contributed by atoms with Crippen LogP contribution in [0.1, 0.15) is 10.4 Å². The van der Waals surface area contributed by atoms with E-state index in [4.69, 9.17) is 10.2 Å². The molecule has 1 aromatic rings. The first-order valence-electron chi connectivity index (χ1n) is 5.52. The van der Waals surface area contributed by atoms with Gasteiger partial charge in [0.25, 0.3) is 11.6 Å². The highest BCUT2D eigenvalue weighted by Crippen LogP contribution is 2.26. The molecule has 0 saturated carbocycles. The predicted octanol–water partition coefficient (Wildman–Crippen LogP) is -0.280. The molecule has 0 aliphatic heterocycles. The Morgan fingerprint density at radius 3 is 2.53 bits per heavy atom. The van der Waals surface area contributed by atoms with E-state index in [0.717, 1.165) is 6.07 Å². The van der Waals surface area contributed by atoms with Gasteiger partial charge in [-0.3, -0.25) is 14.9 Å². The number of rotatable bonds is 6. The second kappa shape index (κ2) is 6.66. The second-order valence-corrected chi connectivity index (χ2v) is 3.77. The van der Waals surface area contributed by atoms with Gasteiger partial charge >= 0.3 is 0 Å². The second-order valence-electron chi connectivity index (χ2n) is 3.77. The van der Waals surface area contributed by atoms with Crippen molar-refractivity contribution in [1.29, 1.82) is 0 Å².